The van der Waals surface area contributed by atoms with Crippen molar-refractivity contribution in [3.63, 3.8) is 0 Å². The van der Waals surface area contributed by atoms with E-state index in [-0.39, 0.29) is 11.9 Å². The first-order valence-corrected chi connectivity index (χ1v) is 7.48. The second-order valence-electron chi connectivity index (χ2n) is 4.81. The summed E-state index contributed by atoms with van der Waals surface area (Å²) in [6, 6.07) is 8.71. The van der Waals surface area contributed by atoms with E-state index in [9.17, 15) is 4.79 Å². The molecule has 0 spiro atoms. The molecule has 6 heteroatoms. The molecule has 1 aromatic heterocycles. The van der Waals surface area contributed by atoms with Gasteiger partial charge in [-0.15, -0.1) is 0 Å². The summed E-state index contributed by atoms with van der Waals surface area (Å²) in [4.78, 5) is 12.4. The summed E-state index contributed by atoms with van der Waals surface area (Å²) in [6.45, 7) is 4.00. The molecule has 0 aliphatic rings. The zero-order chi connectivity index (χ0) is 15.6. The summed E-state index contributed by atoms with van der Waals surface area (Å²) in [5.74, 6) is -0.227. The van der Waals surface area contributed by atoms with Gasteiger partial charge in [-0.05, 0) is 54.0 Å². The minimum Gasteiger partial charge on any atom is -0.340 e. The Kier molecular flexibility index (Phi) is 4.71. The van der Waals surface area contributed by atoms with Gasteiger partial charge in [-0.2, -0.15) is 5.26 Å². The molecule has 2 rings (SSSR count). The number of nitrogens with one attached hydrogen (secondary N) is 1. The van der Waals surface area contributed by atoms with Gasteiger partial charge in [-0.25, -0.2) is 0 Å². The molecule has 21 heavy (non-hydrogen) atoms. The average molecular weight is 367 g/mol. The number of nitrogens with zero attached hydrogens (tertiary/aromatic N) is 2. The molecule has 0 unspecified atom stereocenters. The molecular weight excluding hydrogens is 354 g/mol. The summed E-state index contributed by atoms with van der Waals surface area (Å²) in [5, 5.41) is 11.9. The number of aromatic nitrogens is 1. The van der Waals surface area contributed by atoms with Crippen LogP contribution in [0.2, 0.25) is 5.02 Å². The van der Waals surface area contributed by atoms with Crippen molar-refractivity contribution >= 4 is 39.1 Å². The smallest absolute Gasteiger partial charge is 0.272 e. The van der Waals surface area contributed by atoms with E-state index in [0.29, 0.717) is 22.0 Å². The molecule has 0 fully saturated rings. The fraction of sp³-hybridized carbons (Fsp3) is 0.200. The number of halogens is 2. The third kappa shape index (κ3) is 3.46. The molecule has 0 bridgehead atoms. The van der Waals surface area contributed by atoms with Gasteiger partial charge >= 0.3 is 0 Å². The van der Waals surface area contributed by atoms with E-state index in [4.69, 9.17) is 16.9 Å². The molecule has 0 radical (unpaired) electrons. The van der Waals surface area contributed by atoms with Crippen molar-refractivity contribution in [3.05, 3.63) is 51.2 Å². The third-order valence-electron chi connectivity index (χ3n) is 2.95. The summed E-state index contributed by atoms with van der Waals surface area (Å²) in [7, 11) is 0. The summed E-state index contributed by atoms with van der Waals surface area (Å²) in [6.07, 6.45) is 1.87. The first kappa shape index (κ1) is 15.6. The summed E-state index contributed by atoms with van der Waals surface area (Å²) >= 11 is 9.34. The minimum atomic E-state index is -0.227. The number of hydrogen-bond acceptors (Lipinski definition) is 2. The standard InChI is InChI=1S/C15H13BrClN3O/c1-9(2)20-8-11(16)5-14(20)15(21)19-12-4-3-10(7-18)13(17)6-12/h3-6,8-9H,1-2H3,(H,19,21). The zero-order valence-corrected chi connectivity index (χ0v) is 13.9. The van der Waals surface area contributed by atoms with Crippen LogP contribution in [0.4, 0.5) is 5.69 Å². The number of carbonyl (C=O) groups is 1. The Labute approximate surface area is 136 Å². The molecule has 1 amide bonds. The van der Waals surface area contributed by atoms with Crippen LogP contribution < -0.4 is 5.32 Å². The van der Waals surface area contributed by atoms with Crippen LogP contribution >= 0.6 is 27.5 Å². The van der Waals surface area contributed by atoms with Crippen LogP contribution in [0.1, 0.15) is 35.9 Å². The van der Waals surface area contributed by atoms with Crippen molar-refractivity contribution in [2.45, 2.75) is 19.9 Å². The molecule has 0 saturated heterocycles. The van der Waals surface area contributed by atoms with E-state index in [1.54, 1.807) is 24.3 Å². The molecular formula is C15H13BrClN3O. The highest BCUT2D eigenvalue weighted by Crippen LogP contribution is 2.23. The Morgan fingerprint density at radius 1 is 1.43 bits per heavy atom. The maximum absolute atomic E-state index is 12.4. The van der Waals surface area contributed by atoms with Crippen molar-refractivity contribution in [2.75, 3.05) is 5.32 Å². The molecule has 1 aromatic carbocycles. The average Bonchev–Trinajstić information content (AvgIpc) is 2.81. The normalized spacial score (nSPS) is 10.5. The number of benzene rings is 1. The fourth-order valence-corrected chi connectivity index (χ4v) is 2.59. The Balaban J connectivity index is 2.26. The van der Waals surface area contributed by atoms with Crippen molar-refractivity contribution in [1.29, 1.82) is 5.26 Å². The summed E-state index contributed by atoms with van der Waals surface area (Å²) in [5.41, 5.74) is 1.48. The van der Waals surface area contributed by atoms with Gasteiger partial charge in [0.25, 0.3) is 5.91 Å². The number of carbonyl (C=O) groups excluding carboxylic acids is 1. The zero-order valence-electron chi connectivity index (χ0n) is 11.5. The Bertz CT molecular complexity index is 731. The Morgan fingerprint density at radius 3 is 2.71 bits per heavy atom. The lowest BCUT2D eigenvalue weighted by Gasteiger charge is -2.13. The van der Waals surface area contributed by atoms with E-state index in [1.807, 2.05) is 30.7 Å². The molecule has 0 aliphatic heterocycles. The van der Waals surface area contributed by atoms with E-state index in [1.165, 1.54) is 0 Å². The topological polar surface area (TPSA) is 57.8 Å². The van der Waals surface area contributed by atoms with Crippen LogP contribution in [-0.4, -0.2) is 10.5 Å². The van der Waals surface area contributed by atoms with Gasteiger partial charge in [-0.3, -0.25) is 4.79 Å². The van der Waals surface area contributed by atoms with E-state index in [0.717, 1.165) is 4.47 Å². The minimum absolute atomic E-state index is 0.168. The SMILES string of the molecule is CC(C)n1cc(Br)cc1C(=O)Nc1ccc(C#N)c(Cl)c1. The number of anilines is 1. The van der Waals surface area contributed by atoms with Gasteiger partial charge in [0.05, 0.1) is 10.6 Å². The van der Waals surface area contributed by atoms with E-state index >= 15 is 0 Å². The van der Waals surface area contributed by atoms with Crippen LogP contribution in [0.25, 0.3) is 0 Å². The first-order chi connectivity index (χ1) is 9.92. The van der Waals surface area contributed by atoms with Gasteiger partial charge in [0, 0.05) is 22.4 Å². The van der Waals surface area contributed by atoms with Gasteiger partial charge in [0.2, 0.25) is 0 Å². The van der Waals surface area contributed by atoms with Crippen molar-refractivity contribution in [2.24, 2.45) is 0 Å². The van der Waals surface area contributed by atoms with Crippen molar-refractivity contribution < 1.29 is 4.79 Å². The van der Waals surface area contributed by atoms with Crippen LogP contribution in [0.5, 0.6) is 0 Å². The Morgan fingerprint density at radius 2 is 2.14 bits per heavy atom. The maximum Gasteiger partial charge on any atom is 0.272 e. The predicted molar refractivity (Wildman–Crippen MR) is 86.6 cm³/mol. The van der Waals surface area contributed by atoms with Gasteiger partial charge in [0.1, 0.15) is 11.8 Å². The monoisotopic (exact) mass is 365 g/mol. The molecule has 0 aliphatic carbocycles. The lowest BCUT2D eigenvalue weighted by molar-refractivity contribution is 0.101. The molecule has 1 N–H and O–H groups in total. The number of hydrogen-bond donors (Lipinski definition) is 1. The first-order valence-electron chi connectivity index (χ1n) is 6.30. The second-order valence-corrected chi connectivity index (χ2v) is 6.13. The van der Waals surface area contributed by atoms with Gasteiger partial charge in [0.15, 0.2) is 0 Å². The second kappa shape index (κ2) is 6.33. The highest BCUT2D eigenvalue weighted by molar-refractivity contribution is 9.10. The number of rotatable bonds is 3. The lowest BCUT2D eigenvalue weighted by Crippen LogP contribution is -2.17. The molecule has 4 nitrogen and oxygen atoms in total. The van der Waals surface area contributed by atoms with E-state index in [2.05, 4.69) is 21.2 Å². The number of amides is 1. The highest BCUT2D eigenvalue weighted by atomic mass is 79.9. The highest BCUT2D eigenvalue weighted by Gasteiger charge is 2.15. The van der Waals surface area contributed by atoms with Crippen molar-refractivity contribution in [3.8, 4) is 6.07 Å². The lowest BCUT2D eigenvalue weighted by atomic mass is 10.2. The molecule has 108 valence electrons. The van der Waals surface area contributed by atoms with Crippen LogP contribution in [-0.2, 0) is 0 Å². The number of nitriles is 1. The summed E-state index contributed by atoms with van der Waals surface area (Å²) < 4.78 is 2.73. The fourth-order valence-electron chi connectivity index (χ4n) is 1.93. The Hall–Kier alpha value is -1.77. The maximum atomic E-state index is 12.4. The van der Waals surface area contributed by atoms with E-state index < -0.39 is 0 Å². The largest absolute Gasteiger partial charge is 0.340 e. The molecule has 0 saturated carbocycles. The molecule has 2 aromatic rings. The molecule has 1 heterocycles. The van der Waals surface area contributed by atoms with Crippen LogP contribution in [0.15, 0.2) is 34.9 Å². The van der Waals surface area contributed by atoms with Gasteiger partial charge < -0.3 is 9.88 Å². The quantitative estimate of drug-likeness (QED) is 0.862. The molecule has 0 atom stereocenters. The predicted octanol–water partition coefficient (Wildman–Crippen LogP) is 4.61. The van der Waals surface area contributed by atoms with Gasteiger partial charge in [-0.1, -0.05) is 11.6 Å². The van der Waals surface area contributed by atoms with Crippen molar-refractivity contribution in [1.82, 2.24) is 4.57 Å². The third-order valence-corrected chi connectivity index (χ3v) is 3.70. The van der Waals surface area contributed by atoms with Crippen LogP contribution in [0, 0.1) is 11.3 Å². The van der Waals surface area contributed by atoms with Crippen LogP contribution in [0.3, 0.4) is 0 Å².